The molecule has 0 bridgehead atoms. The maximum Gasteiger partial charge on any atom is 0.410 e. The molecule has 290 valence electrons. The highest BCUT2D eigenvalue weighted by atomic mass is 16.6. The molecule has 3 heterocycles. The largest absolute Gasteiger partial charge is 0.457 e. The predicted octanol–water partition coefficient (Wildman–Crippen LogP) is 5.05. The van der Waals surface area contributed by atoms with Gasteiger partial charge in [0, 0.05) is 50.5 Å². The molecule has 4 N–H and O–H groups in total. The van der Waals surface area contributed by atoms with E-state index in [4.69, 9.17) is 14.2 Å². The van der Waals surface area contributed by atoms with E-state index in [1.54, 1.807) is 49.1 Å². The molecule has 0 radical (unpaired) electrons. The Labute approximate surface area is 305 Å². The van der Waals surface area contributed by atoms with Gasteiger partial charge in [-0.1, -0.05) is 70.8 Å². The summed E-state index contributed by atoms with van der Waals surface area (Å²) in [6.07, 6.45) is 13.4. The number of amides is 1. The van der Waals surface area contributed by atoms with Crippen molar-refractivity contribution in [2.24, 2.45) is 11.8 Å². The van der Waals surface area contributed by atoms with Crippen LogP contribution in [-0.4, -0.2) is 122 Å². The van der Waals surface area contributed by atoms with E-state index in [2.05, 4.69) is 4.90 Å². The van der Waals surface area contributed by atoms with Gasteiger partial charge in [-0.25, -0.2) is 4.79 Å². The van der Waals surface area contributed by atoms with Crippen molar-refractivity contribution >= 4 is 12.1 Å². The summed E-state index contributed by atoms with van der Waals surface area (Å²) in [5, 5.41) is 43.4. The number of ether oxygens (including phenoxy) is 3. The van der Waals surface area contributed by atoms with Gasteiger partial charge in [0.2, 0.25) is 0 Å². The van der Waals surface area contributed by atoms with Gasteiger partial charge in [-0.15, -0.1) is 0 Å². The molecule has 1 amide bonds. The van der Waals surface area contributed by atoms with Crippen molar-refractivity contribution in [1.82, 2.24) is 9.80 Å². The summed E-state index contributed by atoms with van der Waals surface area (Å²) in [5.41, 5.74) is -1.92. The Balaban J connectivity index is 1.42. The SMILES string of the molecule is CCC(O)C(C)C1OC1CC(C)(O)/C=C/C=C(\C)C1OC(=O)CC(O)CCC(C)(O)C(OC(=O)N2CCN(C3CCCCCC3)CC2)/C=C\C1C. The Kier molecular flexibility index (Phi) is 15.2. The summed E-state index contributed by atoms with van der Waals surface area (Å²) in [7, 11) is 0. The number of nitrogens with zero attached hydrogens (tertiary/aromatic N) is 2. The topological polar surface area (TPSA) is 153 Å². The smallest absolute Gasteiger partial charge is 0.410 e. The molecule has 11 nitrogen and oxygen atoms in total. The first-order valence-electron chi connectivity index (χ1n) is 19.5. The number of piperazine rings is 1. The zero-order valence-electron chi connectivity index (χ0n) is 31.9. The highest BCUT2D eigenvalue weighted by Gasteiger charge is 2.47. The number of aliphatic hydroxyl groups is 4. The third-order valence-corrected chi connectivity index (χ3v) is 11.5. The lowest BCUT2D eigenvalue weighted by Gasteiger charge is -2.40. The number of carbonyl (C=O) groups excluding carboxylic acids is 2. The van der Waals surface area contributed by atoms with E-state index >= 15 is 0 Å². The third-order valence-electron chi connectivity index (χ3n) is 11.5. The number of cyclic esters (lactones) is 1. The summed E-state index contributed by atoms with van der Waals surface area (Å²) in [5.74, 6) is -0.935. The lowest BCUT2D eigenvalue weighted by molar-refractivity contribution is -0.151. The second kappa shape index (κ2) is 18.7. The predicted molar refractivity (Wildman–Crippen MR) is 196 cm³/mol. The zero-order valence-corrected chi connectivity index (χ0v) is 31.9. The standard InChI is InChI=1S/C40H66N2O9/c1-7-32(44)29(4)37-33(49-37)26-39(5,47)19-12-13-27(2)36-28(3)16-17-34(40(6,48)20-18-31(43)25-35(45)51-36)50-38(46)42-23-21-41(22-24-42)30-14-10-8-9-11-15-30/h12-13,16-17,19,28-34,36-37,43-44,47-48H,7-11,14-15,18,20-26H2,1-6H3/b17-16-,19-12+,27-13+. The molecule has 0 spiro atoms. The minimum atomic E-state index is -1.48. The van der Waals surface area contributed by atoms with Gasteiger partial charge < -0.3 is 39.5 Å². The van der Waals surface area contributed by atoms with Gasteiger partial charge in [-0.3, -0.25) is 9.69 Å². The van der Waals surface area contributed by atoms with Crippen molar-refractivity contribution in [3.05, 3.63) is 36.0 Å². The Morgan fingerprint density at radius 3 is 2.45 bits per heavy atom. The Bertz CT molecular complexity index is 1220. The maximum atomic E-state index is 13.5. The number of rotatable bonds is 10. The number of epoxide rings is 1. The van der Waals surface area contributed by atoms with Crippen LogP contribution in [-0.2, 0) is 19.0 Å². The van der Waals surface area contributed by atoms with Gasteiger partial charge in [-0.2, -0.15) is 0 Å². The van der Waals surface area contributed by atoms with Crippen molar-refractivity contribution in [3.63, 3.8) is 0 Å². The summed E-state index contributed by atoms with van der Waals surface area (Å²) in [4.78, 5) is 30.6. The molecular weight excluding hydrogens is 652 g/mol. The Morgan fingerprint density at radius 2 is 1.80 bits per heavy atom. The quantitative estimate of drug-likeness (QED) is 0.0794. The molecule has 4 rings (SSSR count). The van der Waals surface area contributed by atoms with E-state index in [1.165, 1.54) is 38.5 Å². The van der Waals surface area contributed by atoms with Crippen molar-refractivity contribution < 1.29 is 44.2 Å². The van der Waals surface area contributed by atoms with Crippen LogP contribution < -0.4 is 0 Å². The Morgan fingerprint density at radius 1 is 1.14 bits per heavy atom. The number of allylic oxidation sites excluding steroid dienone is 2. The van der Waals surface area contributed by atoms with E-state index in [0.29, 0.717) is 37.5 Å². The third kappa shape index (κ3) is 12.4. The first-order chi connectivity index (χ1) is 24.1. The average molecular weight is 719 g/mol. The van der Waals surface area contributed by atoms with Crippen LogP contribution in [0.2, 0.25) is 0 Å². The summed E-state index contributed by atoms with van der Waals surface area (Å²) in [6, 6.07) is 0.581. The number of carbonyl (C=O) groups is 2. The van der Waals surface area contributed by atoms with E-state index in [1.807, 2.05) is 27.7 Å². The van der Waals surface area contributed by atoms with E-state index in [0.717, 1.165) is 13.1 Å². The molecule has 2 saturated heterocycles. The van der Waals surface area contributed by atoms with Gasteiger partial charge in [0.25, 0.3) is 0 Å². The van der Waals surface area contributed by atoms with E-state index in [9.17, 15) is 30.0 Å². The molecule has 0 aromatic rings. The normalized spacial score (nSPS) is 35.5. The molecule has 0 aromatic carbocycles. The molecule has 10 atom stereocenters. The summed E-state index contributed by atoms with van der Waals surface area (Å²) in [6.45, 7) is 13.7. The van der Waals surface area contributed by atoms with Gasteiger partial charge in [0.1, 0.15) is 11.7 Å². The molecular formula is C40H66N2O9. The van der Waals surface area contributed by atoms with Crippen LogP contribution in [0, 0.1) is 11.8 Å². The molecule has 4 aliphatic rings. The van der Waals surface area contributed by atoms with Crippen molar-refractivity contribution in [2.75, 3.05) is 26.2 Å². The fourth-order valence-corrected chi connectivity index (χ4v) is 7.88. The van der Waals surface area contributed by atoms with Gasteiger partial charge in [0.15, 0.2) is 6.10 Å². The fourth-order valence-electron chi connectivity index (χ4n) is 7.88. The van der Waals surface area contributed by atoms with E-state index < -0.39 is 47.7 Å². The molecule has 11 heteroatoms. The second-order valence-electron chi connectivity index (χ2n) is 16.2. The van der Waals surface area contributed by atoms with Crippen molar-refractivity contribution in [3.8, 4) is 0 Å². The van der Waals surface area contributed by atoms with Gasteiger partial charge in [0.05, 0.1) is 36.4 Å². The number of hydrogen-bond donors (Lipinski definition) is 4. The van der Waals surface area contributed by atoms with Crippen molar-refractivity contribution in [1.29, 1.82) is 0 Å². The average Bonchev–Trinajstić information content (AvgIpc) is 3.89. The minimum absolute atomic E-state index is 0.0102. The first-order valence-corrected chi connectivity index (χ1v) is 19.5. The van der Waals surface area contributed by atoms with Gasteiger partial charge in [-0.05, 0) is 64.5 Å². The summed E-state index contributed by atoms with van der Waals surface area (Å²) >= 11 is 0. The van der Waals surface area contributed by atoms with Crippen LogP contribution in [0.4, 0.5) is 4.79 Å². The summed E-state index contributed by atoms with van der Waals surface area (Å²) < 4.78 is 17.7. The molecule has 51 heavy (non-hydrogen) atoms. The van der Waals surface area contributed by atoms with E-state index in [-0.39, 0.29) is 43.3 Å². The first kappa shape index (κ1) is 41.5. The van der Waals surface area contributed by atoms with Crippen LogP contribution in [0.15, 0.2) is 36.0 Å². The Hall–Kier alpha value is -2.28. The minimum Gasteiger partial charge on any atom is -0.457 e. The maximum absolute atomic E-state index is 13.5. The lowest BCUT2D eigenvalue weighted by Crippen LogP contribution is -2.53. The van der Waals surface area contributed by atoms with Crippen LogP contribution in [0.5, 0.6) is 0 Å². The molecule has 3 fully saturated rings. The monoisotopic (exact) mass is 718 g/mol. The second-order valence-corrected chi connectivity index (χ2v) is 16.2. The molecule has 1 aliphatic carbocycles. The molecule has 10 unspecified atom stereocenters. The van der Waals surface area contributed by atoms with Crippen LogP contribution in [0.3, 0.4) is 0 Å². The highest BCUT2D eigenvalue weighted by molar-refractivity contribution is 5.70. The molecule has 3 aliphatic heterocycles. The van der Waals surface area contributed by atoms with Crippen LogP contribution in [0.1, 0.15) is 112 Å². The lowest BCUT2D eigenvalue weighted by atomic mass is 9.88. The number of esters is 1. The molecule has 0 aromatic heterocycles. The fraction of sp³-hybridized carbons (Fsp3) is 0.800. The molecule has 1 saturated carbocycles. The van der Waals surface area contributed by atoms with Gasteiger partial charge >= 0.3 is 12.1 Å². The van der Waals surface area contributed by atoms with Crippen LogP contribution >= 0.6 is 0 Å². The zero-order chi connectivity index (χ0) is 37.3. The highest BCUT2D eigenvalue weighted by Crippen LogP contribution is 2.37. The van der Waals surface area contributed by atoms with Crippen LogP contribution in [0.25, 0.3) is 0 Å². The number of hydrogen-bond acceptors (Lipinski definition) is 10. The number of aliphatic hydroxyl groups excluding tert-OH is 2. The van der Waals surface area contributed by atoms with Crippen molar-refractivity contribution in [2.45, 2.75) is 166 Å².